The van der Waals surface area contributed by atoms with Crippen molar-refractivity contribution in [2.75, 3.05) is 11.5 Å². The van der Waals surface area contributed by atoms with E-state index in [1.165, 1.54) is 0 Å². The molecule has 0 spiro atoms. The molecule has 0 saturated carbocycles. The highest BCUT2D eigenvalue weighted by atomic mass is 19.4. The fraction of sp³-hybridized carbons (Fsp3) is 0.0833. The van der Waals surface area contributed by atoms with E-state index in [9.17, 15) is 13.2 Å². The van der Waals surface area contributed by atoms with Crippen LogP contribution in [0.15, 0.2) is 30.3 Å². The second-order valence-electron chi connectivity index (χ2n) is 4.24. The molecule has 6 nitrogen and oxygen atoms in total. The molecule has 0 aliphatic heterocycles. The summed E-state index contributed by atoms with van der Waals surface area (Å²) < 4.78 is 38.9. The smallest absolute Gasteiger partial charge is 0.369 e. The maximum atomic E-state index is 13.0. The minimum absolute atomic E-state index is 0.0507. The number of nitrogen functional groups attached to an aromatic ring is 2. The number of rotatable bonds is 1. The summed E-state index contributed by atoms with van der Waals surface area (Å²) in [5, 5.41) is 0. The van der Waals surface area contributed by atoms with Crippen LogP contribution in [-0.2, 0) is 6.30 Å². The van der Waals surface area contributed by atoms with Gasteiger partial charge in [0, 0.05) is 5.56 Å². The van der Waals surface area contributed by atoms with Crippen LogP contribution in [0.4, 0.5) is 25.1 Å². The van der Waals surface area contributed by atoms with Gasteiger partial charge in [0.05, 0.1) is 0 Å². The van der Waals surface area contributed by atoms with Gasteiger partial charge < -0.3 is 11.5 Å². The van der Waals surface area contributed by atoms with Gasteiger partial charge in [-0.25, -0.2) is 14.5 Å². The average molecular weight is 294 g/mol. The van der Waals surface area contributed by atoms with E-state index in [4.69, 9.17) is 11.5 Å². The van der Waals surface area contributed by atoms with E-state index >= 15 is 0 Å². The number of benzene rings is 1. The van der Waals surface area contributed by atoms with Gasteiger partial charge in [0.1, 0.15) is 11.2 Å². The van der Waals surface area contributed by atoms with E-state index < -0.39 is 17.9 Å². The molecule has 21 heavy (non-hydrogen) atoms. The minimum Gasteiger partial charge on any atom is -0.369 e. The largest absolute Gasteiger partial charge is 0.493 e. The lowest BCUT2D eigenvalue weighted by Crippen LogP contribution is -2.19. The first-order chi connectivity index (χ1) is 9.88. The number of hydrogen-bond donors (Lipinski definition) is 2. The van der Waals surface area contributed by atoms with Crippen LogP contribution in [0.3, 0.4) is 0 Å². The van der Waals surface area contributed by atoms with Crippen molar-refractivity contribution in [1.82, 2.24) is 19.5 Å². The number of nitrogens with two attached hydrogens (primary N) is 2. The van der Waals surface area contributed by atoms with Crippen LogP contribution < -0.4 is 11.5 Å². The van der Waals surface area contributed by atoms with Gasteiger partial charge in [-0.1, -0.05) is 30.3 Å². The summed E-state index contributed by atoms with van der Waals surface area (Å²) in [5.41, 5.74) is 11.1. The van der Waals surface area contributed by atoms with Crippen molar-refractivity contribution >= 4 is 23.1 Å². The lowest BCUT2D eigenvalue weighted by Gasteiger charge is -2.09. The highest BCUT2D eigenvalue weighted by Gasteiger charge is 2.36. The van der Waals surface area contributed by atoms with E-state index in [0.29, 0.717) is 5.56 Å². The van der Waals surface area contributed by atoms with Crippen molar-refractivity contribution in [2.24, 2.45) is 0 Å². The van der Waals surface area contributed by atoms with Crippen LogP contribution in [0.5, 0.6) is 0 Å². The molecule has 0 fully saturated rings. The third kappa shape index (κ3) is 2.12. The molecule has 0 amide bonds. The number of hydrogen-bond acceptors (Lipinski definition) is 5. The number of alkyl halides is 3. The molecule has 4 N–H and O–H groups in total. The van der Waals surface area contributed by atoms with Crippen molar-refractivity contribution in [2.45, 2.75) is 6.30 Å². The number of aromatic nitrogens is 4. The molecule has 0 aliphatic carbocycles. The molecule has 108 valence electrons. The summed E-state index contributed by atoms with van der Waals surface area (Å²) in [6.07, 6.45) is -4.74. The lowest BCUT2D eigenvalue weighted by atomic mass is 10.1. The van der Waals surface area contributed by atoms with Gasteiger partial charge in [0.25, 0.3) is 0 Å². The van der Waals surface area contributed by atoms with Crippen LogP contribution in [0.2, 0.25) is 0 Å². The highest BCUT2D eigenvalue weighted by Crippen LogP contribution is 2.33. The first kappa shape index (κ1) is 13.2. The van der Waals surface area contributed by atoms with Gasteiger partial charge in [-0.15, -0.1) is 13.2 Å². The molecule has 3 rings (SSSR count). The SMILES string of the molecule is Nc1nc(-c2ccccc2)c2nc(N)n(C(F)(F)F)c2n1. The summed E-state index contributed by atoms with van der Waals surface area (Å²) in [7, 11) is 0. The third-order valence-electron chi connectivity index (χ3n) is 2.85. The molecule has 0 saturated heterocycles. The van der Waals surface area contributed by atoms with Crippen molar-refractivity contribution in [3.05, 3.63) is 30.3 Å². The normalized spacial score (nSPS) is 12.0. The topological polar surface area (TPSA) is 95.6 Å². The Hall–Kier alpha value is -2.84. The lowest BCUT2D eigenvalue weighted by molar-refractivity contribution is -0.199. The monoisotopic (exact) mass is 294 g/mol. The highest BCUT2D eigenvalue weighted by molar-refractivity contribution is 5.89. The zero-order valence-electron chi connectivity index (χ0n) is 10.5. The second kappa shape index (κ2) is 4.33. The van der Waals surface area contributed by atoms with Crippen molar-refractivity contribution in [3.8, 4) is 11.3 Å². The molecular weight excluding hydrogens is 285 g/mol. The Bertz CT molecular complexity index is 809. The van der Waals surface area contributed by atoms with Gasteiger partial charge >= 0.3 is 6.30 Å². The van der Waals surface area contributed by atoms with E-state index in [1.54, 1.807) is 30.3 Å². The fourth-order valence-corrected chi connectivity index (χ4v) is 2.04. The summed E-state index contributed by atoms with van der Waals surface area (Å²) in [6.45, 7) is 0. The number of fused-ring (bicyclic) bond motifs is 1. The minimum atomic E-state index is -4.74. The molecule has 2 aromatic heterocycles. The predicted octanol–water partition coefficient (Wildman–Crippen LogP) is 2.13. The van der Waals surface area contributed by atoms with E-state index in [-0.39, 0.29) is 21.7 Å². The summed E-state index contributed by atoms with van der Waals surface area (Å²) in [5.74, 6) is -0.999. The molecule has 0 unspecified atom stereocenters. The maximum absolute atomic E-state index is 13.0. The maximum Gasteiger partial charge on any atom is 0.493 e. The van der Waals surface area contributed by atoms with Gasteiger partial charge in [0.15, 0.2) is 5.65 Å². The summed E-state index contributed by atoms with van der Waals surface area (Å²) in [4.78, 5) is 11.3. The van der Waals surface area contributed by atoms with Gasteiger partial charge in [-0.3, -0.25) is 0 Å². The Morgan fingerprint density at radius 3 is 2.24 bits per heavy atom. The Balaban J connectivity index is 2.39. The standard InChI is InChI=1S/C12H9F3N6/c13-12(14,15)21-9-8(19-11(21)17)7(18-10(16)20-9)6-4-2-1-3-5-6/h1-5H,(H2,17,19)(H2,16,18,20). The van der Waals surface area contributed by atoms with Crippen molar-refractivity contribution < 1.29 is 13.2 Å². The molecule has 9 heteroatoms. The zero-order valence-corrected chi connectivity index (χ0v) is 10.5. The van der Waals surface area contributed by atoms with Crippen LogP contribution >= 0.6 is 0 Å². The number of halogens is 3. The Morgan fingerprint density at radius 1 is 0.952 bits per heavy atom. The molecule has 3 aromatic rings. The Labute approximate surface area is 116 Å². The first-order valence-corrected chi connectivity index (χ1v) is 5.82. The second-order valence-corrected chi connectivity index (χ2v) is 4.24. The van der Waals surface area contributed by atoms with Crippen LogP contribution in [0.25, 0.3) is 22.4 Å². The van der Waals surface area contributed by atoms with E-state index in [0.717, 1.165) is 0 Å². The van der Waals surface area contributed by atoms with Gasteiger partial charge in [0.2, 0.25) is 11.9 Å². The quantitative estimate of drug-likeness (QED) is 0.716. The van der Waals surface area contributed by atoms with E-state index in [2.05, 4.69) is 15.0 Å². The van der Waals surface area contributed by atoms with Crippen LogP contribution in [0, 0.1) is 0 Å². The van der Waals surface area contributed by atoms with Gasteiger partial charge in [-0.05, 0) is 0 Å². The Kier molecular flexibility index (Phi) is 2.71. The third-order valence-corrected chi connectivity index (χ3v) is 2.85. The zero-order chi connectivity index (χ0) is 15.2. The molecule has 0 radical (unpaired) electrons. The fourth-order valence-electron chi connectivity index (χ4n) is 2.04. The van der Waals surface area contributed by atoms with E-state index in [1.807, 2.05) is 0 Å². The molecule has 0 bridgehead atoms. The number of anilines is 2. The summed E-state index contributed by atoms with van der Waals surface area (Å²) >= 11 is 0. The number of nitrogens with zero attached hydrogens (tertiary/aromatic N) is 4. The molecule has 0 aliphatic rings. The summed E-state index contributed by atoms with van der Waals surface area (Å²) in [6, 6.07) is 8.59. The predicted molar refractivity (Wildman–Crippen MR) is 70.9 cm³/mol. The average Bonchev–Trinajstić information content (AvgIpc) is 2.74. The molecular formula is C12H9F3N6. The molecule has 1 aromatic carbocycles. The van der Waals surface area contributed by atoms with Crippen LogP contribution in [-0.4, -0.2) is 19.5 Å². The van der Waals surface area contributed by atoms with Crippen LogP contribution in [0.1, 0.15) is 0 Å². The first-order valence-electron chi connectivity index (χ1n) is 5.82. The van der Waals surface area contributed by atoms with Crippen molar-refractivity contribution in [1.29, 1.82) is 0 Å². The molecule has 2 heterocycles. The molecule has 0 atom stereocenters. The van der Waals surface area contributed by atoms with Gasteiger partial charge in [-0.2, -0.15) is 4.98 Å². The number of imidazole rings is 1. The Morgan fingerprint density at radius 2 is 1.62 bits per heavy atom. The van der Waals surface area contributed by atoms with Crippen molar-refractivity contribution in [3.63, 3.8) is 0 Å².